The van der Waals surface area contributed by atoms with Crippen LogP contribution in [0, 0.1) is 6.92 Å². The van der Waals surface area contributed by atoms with Crippen molar-refractivity contribution in [3.63, 3.8) is 0 Å². The molecule has 0 saturated carbocycles. The van der Waals surface area contributed by atoms with Gasteiger partial charge in [0.05, 0.1) is 14.2 Å². The summed E-state index contributed by atoms with van der Waals surface area (Å²) in [6.07, 6.45) is 0. The maximum Gasteiger partial charge on any atom is 0.246 e. The molecule has 1 heterocycles. The molecule has 146 valence electrons. The molecule has 0 radical (unpaired) electrons. The number of benzene rings is 2. The van der Waals surface area contributed by atoms with Crippen LogP contribution in [0.5, 0.6) is 11.5 Å². The molecular weight excluding hydrogens is 364 g/mol. The minimum Gasteiger partial charge on any atom is -0.497 e. The lowest BCUT2D eigenvalue weighted by Crippen LogP contribution is -2.48. The van der Waals surface area contributed by atoms with Gasteiger partial charge in [0.15, 0.2) is 0 Å². The second-order valence-electron chi connectivity index (χ2n) is 6.68. The maximum atomic E-state index is 13.1. The average molecular weight is 391 g/mol. The van der Waals surface area contributed by atoms with Gasteiger partial charge in [-0.1, -0.05) is 18.2 Å². The van der Waals surface area contributed by atoms with Crippen LogP contribution in [0.3, 0.4) is 0 Å². The minimum absolute atomic E-state index is 0.244. The first-order valence-corrected chi connectivity index (χ1v) is 10.4. The molecule has 0 aromatic heterocycles. The molecular formula is C20H26N2O4S. The van der Waals surface area contributed by atoms with Crippen LogP contribution >= 0.6 is 0 Å². The monoisotopic (exact) mass is 390 g/mol. The van der Waals surface area contributed by atoms with E-state index in [1.165, 1.54) is 12.7 Å². The summed E-state index contributed by atoms with van der Waals surface area (Å²) in [5.74, 6) is 1.23. The smallest absolute Gasteiger partial charge is 0.246 e. The third-order valence-corrected chi connectivity index (χ3v) is 6.75. The van der Waals surface area contributed by atoms with Gasteiger partial charge in [-0.15, -0.1) is 0 Å². The fraction of sp³-hybridized carbons (Fsp3) is 0.400. The Kier molecular flexibility index (Phi) is 6.04. The highest BCUT2D eigenvalue weighted by Gasteiger charge is 2.30. The van der Waals surface area contributed by atoms with Crippen LogP contribution in [0.2, 0.25) is 0 Å². The molecule has 0 amide bonds. The molecule has 0 aliphatic carbocycles. The lowest BCUT2D eigenvalue weighted by Gasteiger charge is -2.34. The van der Waals surface area contributed by atoms with Gasteiger partial charge in [0.1, 0.15) is 16.4 Å². The standard InChI is InChI=1S/C20H26N2O4S/c1-16-4-9-19(26-3)20(14-16)27(23,24)22-12-10-21(11-13-22)15-17-5-7-18(25-2)8-6-17/h4-9,14H,10-13,15H2,1-3H3. The third kappa shape index (κ3) is 4.43. The van der Waals surface area contributed by atoms with E-state index in [2.05, 4.69) is 4.90 Å². The highest BCUT2D eigenvalue weighted by molar-refractivity contribution is 7.89. The topological polar surface area (TPSA) is 59.1 Å². The zero-order chi connectivity index (χ0) is 19.4. The van der Waals surface area contributed by atoms with Crippen molar-refractivity contribution in [2.75, 3.05) is 40.4 Å². The van der Waals surface area contributed by atoms with Crippen LogP contribution in [0.15, 0.2) is 47.4 Å². The molecule has 1 saturated heterocycles. The normalized spacial score (nSPS) is 16.3. The van der Waals surface area contributed by atoms with E-state index in [1.807, 2.05) is 37.3 Å². The molecule has 0 unspecified atom stereocenters. The van der Waals surface area contributed by atoms with E-state index in [1.54, 1.807) is 23.5 Å². The van der Waals surface area contributed by atoms with Gasteiger partial charge in [-0.05, 0) is 42.3 Å². The SMILES string of the molecule is COc1ccc(CN2CCN(S(=O)(=O)c3cc(C)ccc3OC)CC2)cc1. The van der Waals surface area contributed by atoms with E-state index < -0.39 is 10.0 Å². The van der Waals surface area contributed by atoms with Gasteiger partial charge in [-0.2, -0.15) is 4.31 Å². The van der Waals surface area contributed by atoms with Gasteiger partial charge >= 0.3 is 0 Å². The molecule has 1 aliphatic heterocycles. The fourth-order valence-electron chi connectivity index (χ4n) is 3.24. The first-order chi connectivity index (χ1) is 12.9. The molecule has 0 bridgehead atoms. The molecule has 1 aliphatic rings. The predicted octanol–water partition coefficient (Wildman–Crippen LogP) is 2.52. The van der Waals surface area contributed by atoms with Crippen LogP contribution in [0.25, 0.3) is 0 Å². The highest BCUT2D eigenvalue weighted by atomic mass is 32.2. The zero-order valence-corrected chi connectivity index (χ0v) is 16.8. The van der Waals surface area contributed by atoms with Gasteiger partial charge in [-0.3, -0.25) is 4.90 Å². The summed E-state index contributed by atoms with van der Waals surface area (Å²) in [5, 5.41) is 0. The van der Waals surface area contributed by atoms with Crippen molar-refractivity contribution in [2.45, 2.75) is 18.4 Å². The van der Waals surface area contributed by atoms with Crippen LogP contribution in [0.4, 0.5) is 0 Å². The van der Waals surface area contributed by atoms with Gasteiger partial charge in [0.2, 0.25) is 10.0 Å². The predicted molar refractivity (Wildman–Crippen MR) is 105 cm³/mol. The van der Waals surface area contributed by atoms with E-state index >= 15 is 0 Å². The maximum absolute atomic E-state index is 13.1. The molecule has 7 heteroatoms. The summed E-state index contributed by atoms with van der Waals surface area (Å²) in [4.78, 5) is 2.51. The van der Waals surface area contributed by atoms with Crippen molar-refractivity contribution in [1.82, 2.24) is 9.21 Å². The van der Waals surface area contributed by atoms with Crippen molar-refractivity contribution < 1.29 is 17.9 Å². The van der Waals surface area contributed by atoms with Crippen LogP contribution in [-0.2, 0) is 16.6 Å². The summed E-state index contributed by atoms with van der Waals surface area (Å²) in [6.45, 7) is 5.00. The molecule has 0 N–H and O–H groups in total. The Labute approximate surface area is 161 Å². The number of piperazine rings is 1. The molecule has 2 aromatic carbocycles. The molecule has 2 aromatic rings. The molecule has 6 nitrogen and oxygen atoms in total. The van der Waals surface area contributed by atoms with Crippen molar-refractivity contribution in [3.05, 3.63) is 53.6 Å². The van der Waals surface area contributed by atoms with Crippen LogP contribution < -0.4 is 9.47 Å². The molecule has 0 atom stereocenters. The number of ether oxygens (including phenoxy) is 2. The van der Waals surface area contributed by atoms with E-state index in [9.17, 15) is 8.42 Å². The number of hydrogen-bond donors (Lipinski definition) is 0. The largest absolute Gasteiger partial charge is 0.497 e. The summed E-state index contributed by atoms with van der Waals surface area (Å²) >= 11 is 0. The Bertz CT molecular complexity index is 873. The van der Waals surface area contributed by atoms with Gasteiger partial charge < -0.3 is 9.47 Å². The fourth-order valence-corrected chi connectivity index (χ4v) is 4.90. The quantitative estimate of drug-likeness (QED) is 0.759. The molecule has 3 rings (SSSR count). The summed E-state index contributed by atoms with van der Waals surface area (Å²) < 4.78 is 38.1. The first-order valence-electron chi connectivity index (χ1n) is 8.94. The van der Waals surface area contributed by atoms with Gasteiger partial charge in [0.25, 0.3) is 0 Å². The van der Waals surface area contributed by atoms with Crippen molar-refractivity contribution in [1.29, 1.82) is 0 Å². The highest BCUT2D eigenvalue weighted by Crippen LogP contribution is 2.28. The average Bonchev–Trinajstić information content (AvgIpc) is 2.69. The van der Waals surface area contributed by atoms with E-state index in [4.69, 9.17) is 9.47 Å². The number of methoxy groups -OCH3 is 2. The Balaban J connectivity index is 1.66. The Morgan fingerprint density at radius 2 is 1.59 bits per heavy atom. The van der Waals surface area contributed by atoms with E-state index in [-0.39, 0.29) is 4.90 Å². The Morgan fingerprint density at radius 3 is 2.19 bits per heavy atom. The zero-order valence-electron chi connectivity index (χ0n) is 16.0. The molecule has 1 fully saturated rings. The van der Waals surface area contributed by atoms with E-state index in [0.29, 0.717) is 31.9 Å². The summed E-state index contributed by atoms with van der Waals surface area (Å²) in [5.41, 5.74) is 2.08. The second kappa shape index (κ2) is 8.29. The van der Waals surface area contributed by atoms with Crippen LogP contribution in [0.1, 0.15) is 11.1 Å². The van der Waals surface area contributed by atoms with Crippen LogP contribution in [-0.4, -0.2) is 58.0 Å². The number of aryl methyl sites for hydroxylation is 1. The van der Waals surface area contributed by atoms with Gasteiger partial charge in [-0.25, -0.2) is 8.42 Å². The first kappa shape index (κ1) is 19.7. The molecule has 0 spiro atoms. The summed E-state index contributed by atoms with van der Waals surface area (Å²) in [6, 6.07) is 13.2. The van der Waals surface area contributed by atoms with Crippen molar-refractivity contribution in [2.24, 2.45) is 0 Å². The number of nitrogens with zero attached hydrogens (tertiary/aromatic N) is 2. The second-order valence-corrected chi connectivity index (χ2v) is 8.59. The Hall–Kier alpha value is -2.09. The van der Waals surface area contributed by atoms with E-state index in [0.717, 1.165) is 17.9 Å². The lowest BCUT2D eigenvalue weighted by atomic mass is 10.2. The minimum atomic E-state index is -3.57. The van der Waals surface area contributed by atoms with Crippen molar-refractivity contribution in [3.8, 4) is 11.5 Å². The Morgan fingerprint density at radius 1 is 0.926 bits per heavy atom. The number of rotatable bonds is 6. The van der Waals surface area contributed by atoms with Gasteiger partial charge in [0, 0.05) is 32.7 Å². The molecule has 27 heavy (non-hydrogen) atoms. The van der Waals surface area contributed by atoms with Crippen molar-refractivity contribution >= 4 is 10.0 Å². The number of hydrogen-bond acceptors (Lipinski definition) is 5. The third-order valence-electron chi connectivity index (χ3n) is 4.83. The number of sulfonamides is 1. The summed E-state index contributed by atoms with van der Waals surface area (Å²) in [7, 11) is -0.420. The lowest BCUT2D eigenvalue weighted by molar-refractivity contribution is 0.181.